The summed E-state index contributed by atoms with van der Waals surface area (Å²) in [5.41, 5.74) is 4.60. The SMILES string of the molecule is COC(=O)c1nccc2nc(-c3c(C)cc(C(C)(C)C)cc3Oc3ccc(F)cc3OC)cc(OCc3ccccc3)c12. The molecule has 0 spiro atoms. The summed E-state index contributed by atoms with van der Waals surface area (Å²) >= 11 is 0. The minimum absolute atomic E-state index is 0.106. The highest BCUT2D eigenvalue weighted by atomic mass is 19.1. The van der Waals surface area contributed by atoms with Gasteiger partial charge in [-0.15, -0.1) is 0 Å². The van der Waals surface area contributed by atoms with E-state index in [1.807, 2.05) is 43.3 Å². The van der Waals surface area contributed by atoms with Crippen LogP contribution in [0.25, 0.3) is 22.2 Å². The Morgan fingerprint density at radius 3 is 2.35 bits per heavy atom. The summed E-state index contributed by atoms with van der Waals surface area (Å²) in [6, 6.07) is 21.4. The number of nitrogens with zero attached hydrogens (tertiary/aromatic N) is 2. The quantitative estimate of drug-likeness (QED) is 0.171. The van der Waals surface area contributed by atoms with E-state index in [2.05, 4.69) is 31.8 Å². The lowest BCUT2D eigenvalue weighted by molar-refractivity contribution is 0.0596. The Morgan fingerprint density at radius 2 is 1.65 bits per heavy atom. The van der Waals surface area contributed by atoms with Crippen molar-refractivity contribution in [1.29, 1.82) is 0 Å². The van der Waals surface area contributed by atoms with Crippen molar-refractivity contribution in [3.05, 3.63) is 107 Å². The Morgan fingerprint density at radius 1 is 0.884 bits per heavy atom. The average Bonchev–Trinajstić information content (AvgIpc) is 2.99. The number of ether oxygens (including phenoxy) is 4. The molecule has 3 aromatic carbocycles. The van der Waals surface area contributed by atoms with E-state index in [0.717, 1.165) is 16.7 Å². The van der Waals surface area contributed by atoms with Gasteiger partial charge in [-0.1, -0.05) is 57.2 Å². The highest BCUT2D eigenvalue weighted by Gasteiger charge is 2.24. The van der Waals surface area contributed by atoms with Gasteiger partial charge in [-0.05, 0) is 53.3 Å². The van der Waals surface area contributed by atoms with Crippen molar-refractivity contribution in [2.75, 3.05) is 14.2 Å². The Hall–Kier alpha value is -4.98. The Bertz CT molecular complexity index is 1800. The fourth-order valence-electron chi connectivity index (χ4n) is 4.82. The van der Waals surface area contributed by atoms with Crippen LogP contribution < -0.4 is 14.2 Å². The molecule has 43 heavy (non-hydrogen) atoms. The fourth-order valence-corrected chi connectivity index (χ4v) is 4.82. The molecule has 0 fully saturated rings. The molecular formula is C35H33FN2O5. The minimum atomic E-state index is -0.595. The number of hydrogen-bond acceptors (Lipinski definition) is 7. The molecule has 0 saturated heterocycles. The zero-order valence-electron chi connectivity index (χ0n) is 25.0. The number of halogens is 1. The van der Waals surface area contributed by atoms with Gasteiger partial charge in [0, 0.05) is 23.9 Å². The van der Waals surface area contributed by atoms with E-state index in [-0.39, 0.29) is 23.5 Å². The van der Waals surface area contributed by atoms with Crippen molar-refractivity contribution in [3.8, 4) is 34.3 Å². The Kier molecular flexibility index (Phi) is 8.30. The number of pyridine rings is 2. The van der Waals surface area contributed by atoms with Gasteiger partial charge in [0.2, 0.25) is 0 Å². The van der Waals surface area contributed by atoms with Crippen LogP contribution in [-0.2, 0) is 16.8 Å². The highest BCUT2D eigenvalue weighted by molar-refractivity contribution is 6.05. The molecule has 8 heteroatoms. The van der Waals surface area contributed by atoms with Crippen LogP contribution in [0.5, 0.6) is 23.0 Å². The van der Waals surface area contributed by atoms with E-state index in [4.69, 9.17) is 23.9 Å². The maximum Gasteiger partial charge on any atom is 0.357 e. The maximum atomic E-state index is 14.0. The number of carbonyl (C=O) groups is 1. The molecular weight excluding hydrogens is 547 g/mol. The second kappa shape index (κ2) is 12.1. The van der Waals surface area contributed by atoms with Gasteiger partial charge < -0.3 is 18.9 Å². The molecule has 0 aliphatic rings. The second-order valence-electron chi connectivity index (χ2n) is 11.1. The zero-order chi connectivity index (χ0) is 30.7. The molecule has 0 amide bonds. The molecule has 0 saturated carbocycles. The first-order valence-corrected chi connectivity index (χ1v) is 13.8. The summed E-state index contributed by atoms with van der Waals surface area (Å²) in [5.74, 6) is 0.518. The monoisotopic (exact) mass is 580 g/mol. The number of aryl methyl sites for hydroxylation is 1. The number of carbonyl (C=O) groups excluding carboxylic acids is 1. The first-order chi connectivity index (χ1) is 20.6. The number of fused-ring (bicyclic) bond motifs is 1. The smallest absolute Gasteiger partial charge is 0.357 e. The summed E-state index contributed by atoms with van der Waals surface area (Å²) in [6.45, 7) is 8.60. The second-order valence-corrected chi connectivity index (χ2v) is 11.1. The standard InChI is InChI=1S/C35H33FN2O5/c1-21-16-23(35(2,3)4)17-30(43-27-13-12-24(36)18-28(27)40-5)31(21)26-19-29(42-20-22-10-8-7-9-11-22)32-25(38-26)14-15-37-33(32)34(39)41-6/h7-19H,20H2,1-6H3. The number of benzene rings is 3. The van der Waals surface area contributed by atoms with Gasteiger partial charge in [-0.25, -0.2) is 19.2 Å². The Balaban J connectivity index is 1.73. The van der Waals surface area contributed by atoms with Gasteiger partial charge in [0.1, 0.15) is 23.9 Å². The van der Waals surface area contributed by atoms with Gasteiger partial charge in [-0.2, -0.15) is 0 Å². The van der Waals surface area contributed by atoms with Crippen molar-refractivity contribution >= 4 is 16.9 Å². The van der Waals surface area contributed by atoms with Gasteiger partial charge >= 0.3 is 5.97 Å². The molecule has 2 heterocycles. The zero-order valence-corrected chi connectivity index (χ0v) is 25.0. The largest absolute Gasteiger partial charge is 0.493 e. The van der Waals surface area contributed by atoms with E-state index < -0.39 is 11.8 Å². The molecule has 0 bridgehead atoms. The van der Waals surface area contributed by atoms with Crippen LogP contribution in [0.4, 0.5) is 4.39 Å². The number of aromatic nitrogens is 2. The molecule has 2 aromatic heterocycles. The third-order valence-electron chi connectivity index (χ3n) is 7.07. The molecule has 0 aliphatic carbocycles. The van der Waals surface area contributed by atoms with Crippen molar-refractivity contribution in [1.82, 2.24) is 9.97 Å². The van der Waals surface area contributed by atoms with E-state index in [1.54, 1.807) is 12.1 Å². The van der Waals surface area contributed by atoms with Crippen LogP contribution in [-0.4, -0.2) is 30.2 Å². The number of esters is 1. The predicted octanol–water partition coefficient (Wildman–Crippen LogP) is 8.21. The van der Waals surface area contributed by atoms with Crippen molar-refractivity contribution in [2.45, 2.75) is 39.7 Å². The molecule has 220 valence electrons. The minimum Gasteiger partial charge on any atom is -0.493 e. The third-order valence-corrected chi connectivity index (χ3v) is 7.07. The van der Waals surface area contributed by atoms with Crippen molar-refractivity contribution in [2.24, 2.45) is 0 Å². The summed E-state index contributed by atoms with van der Waals surface area (Å²) in [6.07, 6.45) is 1.52. The van der Waals surface area contributed by atoms with Gasteiger partial charge in [0.05, 0.1) is 30.8 Å². The summed E-state index contributed by atoms with van der Waals surface area (Å²) in [4.78, 5) is 21.9. The number of rotatable bonds is 8. The molecule has 5 rings (SSSR count). The molecule has 0 N–H and O–H groups in total. The van der Waals surface area contributed by atoms with Gasteiger partial charge in [-0.3, -0.25) is 0 Å². The van der Waals surface area contributed by atoms with Gasteiger partial charge in [0.15, 0.2) is 17.2 Å². The molecule has 0 atom stereocenters. The van der Waals surface area contributed by atoms with Gasteiger partial charge in [0.25, 0.3) is 0 Å². The highest BCUT2D eigenvalue weighted by Crippen LogP contribution is 2.43. The lowest BCUT2D eigenvalue weighted by Crippen LogP contribution is -2.12. The molecule has 0 radical (unpaired) electrons. The molecule has 0 unspecified atom stereocenters. The summed E-state index contributed by atoms with van der Waals surface area (Å²) < 4.78 is 37.2. The van der Waals surface area contributed by atoms with Crippen LogP contribution >= 0.6 is 0 Å². The normalized spacial score (nSPS) is 11.3. The molecule has 5 aromatic rings. The number of hydrogen-bond donors (Lipinski definition) is 0. The third kappa shape index (κ3) is 6.28. The number of methoxy groups -OCH3 is 2. The molecule has 7 nitrogen and oxygen atoms in total. The van der Waals surface area contributed by atoms with Crippen LogP contribution in [0.1, 0.15) is 48.0 Å². The topological polar surface area (TPSA) is 79.8 Å². The first kappa shape index (κ1) is 29.5. The van der Waals surface area contributed by atoms with Crippen molar-refractivity contribution < 1.29 is 28.1 Å². The maximum absolute atomic E-state index is 14.0. The summed E-state index contributed by atoms with van der Waals surface area (Å²) in [7, 11) is 2.77. The van der Waals surface area contributed by atoms with Crippen LogP contribution in [0.15, 0.2) is 79.0 Å². The fraction of sp³-hybridized carbons (Fsp3) is 0.229. The van der Waals surface area contributed by atoms with E-state index >= 15 is 0 Å². The van der Waals surface area contributed by atoms with E-state index in [9.17, 15) is 9.18 Å². The van der Waals surface area contributed by atoms with Crippen molar-refractivity contribution in [3.63, 3.8) is 0 Å². The van der Waals surface area contributed by atoms with E-state index in [0.29, 0.717) is 39.4 Å². The lowest BCUT2D eigenvalue weighted by Gasteiger charge is -2.24. The first-order valence-electron chi connectivity index (χ1n) is 13.8. The van der Waals surface area contributed by atoms with Crippen LogP contribution in [0.2, 0.25) is 0 Å². The lowest BCUT2D eigenvalue weighted by atomic mass is 9.84. The van der Waals surface area contributed by atoms with Crippen LogP contribution in [0, 0.1) is 12.7 Å². The average molecular weight is 581 g/mol. The molecule has 0 aliphatic heterocycles. The van der Waals surface area contributed by atoms with Crippen LogP contribution in [0.3, 0.4) is 0 Å². The summed E-state index contributed by atoms with van der Waals surface area (Å²) in [5, 5.41) is 0.445. The van der Waals surface area contributed by atoms with E-state index in [1.165, 1.54) is 38.6 Å². The Labute approximate surface area is 250 Å². The predicted molar refractivity (Wildman–Crippen MR) is 164 cm³/mol.